The van der Waals surface area contributed by atoms with Crippen LogP contribution in [-0.2, 0) is 12.5 Å². The van der Waals surface area contributed by atoms with Crippen LogP contribution in [0, 0.1) is 23.7 Å². The van der Waals surface area contributed by atoms with Gasteiger partial charge in [-0.05, 0) is 88.4 Å². The van der Waals surface area contributed by atoms with Gasteiger partial charge in [0, 0.05) is 17.2 Å². The molecule has 0 atom stereocenters. The number of nitriles is 1. The van der Waals surface area contributed by atoms with Gasteiger partial charge in [-0.1, -0.05) is 83.1 Å². The average Bonchev–Trinajstić information content (AvgIpc) is 2.88. The molecule has 4 aromatic rings. The smallest absolute Gasteiger partial charge is 0.200 e. The molecule has 194 valence electrons. The molecule has 1 aliphatic rings. The Hall–Kier alpha value is -3.44. The number of hydrogen-bond acceptors (Lipinski definition) is 1. The molecule has 0 saturated heterocycles. The summed E-state index contributed by atoms with van der Waals surface area (Å²) in [6, 6.07) is 24.8. The van der Waals surface area contributed by atoms with E-state index in [4.69, 9.17) is 0 Å². The number of aromatic nitrogens is 1. The van der Waals surface area contributed by atoms with Gasteiger partial charge in [-0.15, -0.1) is 0 Å². The SMILES string of the molecule is Cc1c(-c2cc(-c3ccc(C4CCC(C)(C)CC4)cc3)c(C#N)c[n+]2C)cc(C(C)(C)C)c2ccccc12. The highest BCUT2D eigenvalue weighted by molar-refractivity contribution is 5.94. The summed E-state index contributed by atoms with van der Waals surface area (Å²) in [4.78, 5) is 0. The Morgan fingerprint density at radius 1 is 0.895 bits per heavy atom. The van der Waals surface area contributed by atoms with Crippen molar-refractivity contribution in [3.05, 3.63) is 89.1 Å². The third kappa shape index (κ3) is 4.88. The van der Waals surface area contributed by atoms with E-state index in [0.717, 1.165) is 16.8 Å². The molecule has 1 saturated carbocycles. The molecule has 0 amide bonds. The zero-order valence-corrected chi connectivity index (χ0v) is 24.2. The molecular formula is C36H41N2+. The second-order valence-electron chi connectivity index (χ2n) is 13.2. The zero-order chi connectivity index (χ0) is 27.2. The molecule has 3 aromatic carbocycles. The molecule has 0 aliphatic heterocycles. The van der Waals surface area contributed by atoms with Crippen LogP contribution in [0.2, 0.25) is 0 Å². The molecule has 0 N–H and O–H groups in total. The van der Waals surface area contributed by atoms with E-state index >= 15 is 0 Å². The summed E-state index contributed by atoms with van der Waals surface area (Å²) in [5, 5.41) is 12.7. The van der Waals surface area contributed by atoms with Crippen molar-refractivity contribution in [3.63, 3.8) is 0 Å². The molecule has 0 bridgehead atoms. The predicted octanol–water partition coefficient (Wildman–Crippen LogP) is 9.16. The first-order valence-electron chi connectivity index (χ1n) is 14.1. The van der Waals surface area contributed by atoms with E-state index in [1.807, 2.05) is 6.20 Å². The number of pyridine rings is 1. The fraction of sp³-hybridized carbons (Fsp3) is 0.389. The van der Waals surface area contributed by atoms with Gasteiger partial charge in [-0.25, -0.2) is 0 Å². The molecule has 0 spiro atoms. The van der Waals surface area contributed by atoms with Gasteiger partial charge in [0.1, 0.15) is 18.7 Å². The lowest BCUT2D eigenvalue weighted by molar-refractivity contribution is -0.660. The maximum Gasteiger partial charge on any atom is 0.213 e. The molecule has 1 aromatic heterocycles. The van der Waals surface area contributed by atoms with Crippen LogP contribution in [0.3, 0.4) is 0 Å². The topological polar surface area (TPSA) is 27.7 Å². The minimum Gasteiger partial charge on any atom is -0.200 e. The van der Waals surface area contributed by atoms with Crippen molar-refractivity contribution in [2.24, 2.45) is 12.5 Å². The third-order valence-corrected chi connectivity index (χ3v) is 8.82. The minimum atomic E-state index is 0.0141. The van der Waals surface area contributed by atoms with Gasteiger partial charge in [0.25, 0.3) is 0 Å². The molecule has 2 nitrogen and oxygen atoms in total. The Labute approximate surface area is 229 Å². The van der Waals surface area contributed by atoms with Crippen LogP contribution in [0.25, 0.3) is 33.2 Å². The normalized spacial score (nSPS) is 15.9. The van der Waals surface area contributed by atoms with Crippen molar-refractivity contribution in [1.82, 2.24) is 0 Å². The number of hydrogen-bond donors (Lipinski definition) is 0. The summed E-state index contributed by atoms with van der Waals surface area (Å²) < 4.78 is 2.11. The van der Waals surface area contributed by atoms with Crippen LogP contribution in [0.1, 0.15) is 88.5 Å². The van der Waals surface area contributed by atoms with Crippen LogP contribution < -0.4 is 4.57 Å². The number of rotatable bonds is 3. The van der Waals surface area contributed by atoms with Crippen LogP contribution in [0.5, 0.6) is 0 Å². The predicted molar refractivity (Wildman–Crippen MR) is 159 cm³/mol. The van der Waals surface area contributed by atoms with Crippen LogP contribution >= 0.6 is 0 Å². The Morgan fingerprint density at radius 2 is 1.53 bits per heavy atom. The second kappa shape index (κ2) is 9.70. The number of aryl methyl sites for hydroxylation is 2. The lowest BCUT2D eigenvalue weighted by Crippen LogP contribution is -2.31. The first-order valence-corrected chi connectivity index (χ1v) is 14.1. The Bertz CT molecular complexity index is 1530. The molecular weight excluding hydrogens is 460 g/mol. The van der Waals surface area contributed by atoms with Gasteiger partial charge in [-0.2, -0.15) is 9.83 Å². The van der Waals surface area contributed by atoms with E-state index in [1.165, 1.54) is 58.7 Å². The van der Waals surface area contributed by atoms with E-state index in [0.29, 0.717) is 16.9 Å². The summed E-state index contributed by atoms with van der Waals surface area (Å²) in [7, 11) is 2.05. The monoisotopic (exact) mass is 501 g/mol. The van der Waals surface area contributed by atoms with E-state index < -0.39 is 0 Å². The standard InChI is InChI=1S/C36H41N2/c1-24-29-10-8-9-11-30(29)33(35(2,3)4)20-31(24)34-21-32(28(22-37)23-38(34)7)27-14-12-25(13-15-27)26-16-18-36(5,6)19-17-26/h8-15,20-21,23,26H,16-19H2,1-7H3/q+1. The van der Waals surface area contributed by atoms with Crippen molar-refractivity contribution in [2.75, 3.05) is 0 Å². The molecule has 5 rings (SSSR count). The van der Waals surface area contributed by atoms with Gasteiger partial charge < -0.3 is 0 Å². The first-order chi connectivity index (χ1) is 18.0. The Balaban J connectivity index is 1.61. The maximum atomic E-state index is 10.1. The third-order valence-electron chi connectivity index (χ3n) is 8.82. The molecule has 1 fully saturated rings. The fourth-order valence-electron chi connectivity index (χ4n) is 6.32. The molecule has 38 heavy (non-hydrogen) atoms. The van der Waals surface area contributed by atoms with E-state index in [-0.39, 0.29) is 5.41 Å². The highest BCUT2D eigenvalue weighted by Gasteiger charge is 2.28. The van der Waals surface area contributed by atoms with Gasteiger partial charge >= 0.3 is 0 Å². The fourth-order valence-corrected chi connectivity index (χ4v) is 6.32. The molecule has 2 heteroatoms. The number of benzene rings is 3. The molecule has 1 aliphatic carbocycles. The molecule has 0 radical (unpaired) electrons. The van der Waals surface area contributed by atoms with E-state index in [2.05, 4.69) is 120 Å². The van der Waals surface area contributed by atoms with Gasteiger partial charge in [0.15, 0.2) is 6.20 Å². The van der Waals surface area contributed by atoms with E-state index in [1.54, 1.807) is 0 Å². The lowest BCUT2D eigenvalue weighted by Gasteiger charge is -2.34. The number of fused-ring (bicyclic) bond motifs is 1. The summed E-state index contributed by atoms with van der Waals surface area (Å²) in [6.07, 6.45) is 7.10. The highest BCUT2D eigenvalue weighted by atomic mass is 14.9. The van der Waals surface area contributed by atoms with Crippen molar-refractivity contribution in [2.45, 2.75) is 78.6 Å². The molecule has 0 unspecified atom stereocenters. The van der Waals surface area contributed by atoms with Crippen LogP contribution in [-0.4, -0.2) is 0 Å². The van der Waals surface area contributed by atoms with Crippen molar-refractivity contribution < 1.29 is 4.57 Å². The molecule has 1 heterocycles. The van der Waals surface area contributed by atoms with Crippen LogP contribution in [0.15, 0.2) is 66.9 Å². The second-order valence-corrected chi connectivity index (χ2v) is 13.2. The summed E-state index contributed by atoms with van der Waals surface area (Å²) in [5.41, 5.74) is 9.72. The largest absolute Gasteiger partial charge is 0.213 e. The average molecular weight is 502 g/mol. The first kappa shape index (κ1) is 26.2. The minimum absolute atomic E-state index is 0.0141. The summed E-state index contributed by atoms with van der Waals surface area (Å²) in [6.45, 7) is 13.9. The quantitative estimate of drug-likeness (QED) is 0.257. The van der Waals surface area contributed by atoms with Crippen molar-refractivity contribution in [3.8, 4) is 28.5 Å². The highest BCUT2D eigenvalue weighted by Crippen LogP contribution is 2.43. The van der Waals surface area contributed by atoms with Crippen molar-refractivity contribution >= 4 is 10.8 Å². The lowest BCUT2D eigenvalue weighted by atomic mass is 9.71. The van der Waals surface area contributed by atoms with Gasteiger partial charge in [0.2, 0.25) is 5.69 Å². The van der Waals surface area contributed by atoms with Gasteiger partial charge in [0.05, 0.1) is 0 Å². The van der Waals surface area contributed by atoms with Crippen molar-refractivity contribution in [1.29, 1.82) is 5.26 Å². The van der Waals surface area contributed by atoms with E-state index in [9.17, 15) is 5.26 Å². The van der Waals surface area contributed by atoms with Gasteiger partial charge in [-0.3, -0.25) is 0 Å². The summed E-state index contributed by atoms with van der Waals surface area (Å²) >= 11 is 0. The Morgan fingerprint density at radius 3 is 2.13 bits per heavy atom. The Kier molecular flexibility index (Phi) is 6.68. The van der Waals surface area contributed by atoms with Crippen LogP contribution in [0.4, 0.5) is 0 Å². The maximum absolute atomic E-state index is 10.1. The summed E-state index contributed by atoms with van der Waals surface area (Å²) in [5.74, 6) is 0.646. The number of nitrogens with zero attached hydrogens (tertiary/aromatic N) is 2. The zero-order valence-electron chi connectivity index (χ0n) is 24.2.